The van der Waals surface area contributed by atoms with Crippen LogP contribution in [0.15, 0.2) is 60.9 Å². The quantitative estimate of drug-likeness (QED) is 0.367. The van der Waals surface area contributed by atoms with Gasteiger partial charge in [-0.15, -0.1) is 5.10 Å². The molecule has 6 nitrogen and oxygen atoms in total. The van der Waals surface area contributed by atoms with Gasteiger partial charge in [0.25, 0.3) is 0 Å². The number of hydrogen-bond acceptors (Lipinski definition) is 5. The van der Waals surface area contributed by atoms with Crippen molar-refractivity contribution in [2.24, 2.45) is 0 Å². The van der Waals surface area contributed by atoms with Crippen LogP contribution in [0.3, 0.4) is 0 Å². The molecule has 2 aromatic carbocycles. The Bertz CT molecular complexity index is 1340. The molecule has 0 saturated heterocycles. The van der Waals surface area contributed by atoms with E-state index in [-0.39, 0.29) is 0 Å². The Balaban J connectivity index is 1.92. The van der Waals surface area contributed by atoms with Crippen LogP contribution in [-0.2, 0) is 11.2 Å². The summed E-state index contributed by atoms with van der Waals surface area (Å²) in [6.07, 6.45) is 6.09. The Kier molecular flexibility index (Phi) is 6.35. The van der Waals surface area contributed by atoms with Gasteiger partial charge in [0.1, 0.15) is 11.4 Å². The minimum atomic E-state index is -1.03. The molecule has 0 atom stereocenters. The van der Waals surface area contributed by atoms with Gasteiger partial charge in [-0.1, -0.05) is 47.5 Å². The van der Waals surface area contributed by atoms with E-state index in [0.717, 1.165) is 22.4 Å². The van der Waals surface area contributed by atoms with Gasteiger partial charge in [-0.3, -0.25) is 4.98 Å². The first kappa shape index (κ1) is 21.7. The Hall–Kier alpha value is -3.48. The normalized spacial score (nSPS) is 11.2. The van der Waals surface area contributed by atoms with Crippen LogP contribution in [0.25, 0.3) is 28.1 Å². The van der Waals surface area contributed by atoms with Crippen molar-refractivity contribution in [3.8, 4) is 17.0 Å². The third-order valence-corrected chi connectivity index (χ3v) is 5.63. The molecule has 0 aliphatic heterocycles. The predicted octanol–water partition coefficient (Wildman–Crippen LogP) is 5.70. The Morgan fingerprint density at radius 2 is 1.81 bits per heavy atom. The fourth-order valence-corrected chi connectivity index (χ4v) is 3.94. The van der Waals surface area contributed by atoms with Gasteiger partial charge in [0.2, 0.25) is 0 Å². The third kappa shape index (κ3) is 4.42. The molecule has 0 aliphatic rings. The van der Waals surface area contributed by atoms with Crippen molar-refractivity contribution in [2.45, 2.75) is 6.42 Å². The predicted molar refractivity (Wildman–Crippen MR) is 125 cm³/mol. The second kappa shape index (κ2) is 9.34. The van der Waals surface area contributed by atoms with Crippen molar-refractivity contribution in [2.75, 3.05) is 7.11 Å². The van der Waals surface area contributed by atoms with Crippen molar-refractivity contribution in [1.82, 2.24) is 15.2 Å². The molecular formula is C24H17Cl2N3O3. The van der Waals surface area contributed by atoms with E-state index in [1.807, 2.05) is 42.5 Å². The van der Waals surface area contributed by atoms with Crippen molar-refractivity contribution in [3.05, 3.63) is 87.8 Å². The Labute approximate surface area is 194 Å². The summed E-state index contributed by atoms with van der Waals surface area (Å²) >= 11 is 12.6. The number of carboxylic acid groups (broad SMARTS) is 1. The van der Waals surface area contributed by atoms with Crippen molar-refractivity contribution >= 4 is 46.0 Å². The molecule has 4 aromatic rings. The van der Waals surface area contributed by atoms with Crippen molar-refractivity contribution < 1.29 is 14.6 Å². The summed E-state index contributed by atoms with van der Waals surface area (Å²) < 4.78 is 5.43. The van der Waals surface area contributed by atoms with E-state index in [0.29, 0.717) is 44.7 Å². The number of nitrogens with zero attached hydrogens (tertiary/aromatic N) is 3. The number of benzene rings is 2. The first-order chi connectivity index (χ1) is 15.5. The van der Waals surface area contributed by atoms with Gasteiger partial charge in [0.05, 0.1) is 22.8 Å². The minimum Gasteiger partial charge on any atom is -0.497 e. The molecule has 0 fully saturated rings. The monoisotopic (exact) mass is 465 g/mol. The van der Waals surface area contributed by atoms with E-state index in [1.165, 1.54) is 6.08 Å². The summed E-state index contributed by atoms with van der Waals surface area (Å²) in [6, 6.07) is 13.1. The van der Waals surface area contributed by atoms with Gasteiger partial charge in [0.15, 0.2) is 0 Å². The maximum Gasteiger partial charge on any atom is 0.328 e. The lowest BCUT2D eigenvalue weighted by molar-refractivity contribution is -0.131. The van der Waals surface area contributed by atoms with Crippen LogP contribution in [-0.4, -0.2) is 33.4 Å². The summed E-state index contributed by atoms with van der Waals surface area (Å²) in [5.41, 5.74) is 3.48. The molecule has 8 heteroatoms. The van der Waals surface area contributed by atoms with Crippen LogP contribution >= 0.6 is 23.2 Å². The Morgan fingerprint density at radius 3 is 2.53 bits per heavy atom. The molecule has 160 valence electrons. The van der Waals surface area contributed by atoms with Crippen LogP contribution in [0.2, 0.25) is 10.0 Å². The summed E-state index contributed by atoms with van der Waals surface area (Å²) in [5.74, 6) is -0.366. The molecule has 0 radical (unpaired) electrons. The molecule has 2 aromatic heterocycles. The van der Waals surface area contributed by atoms with Crippen molar-refractivity contribution in [3.63, 3.8) is 0 Å². The zero-order valence-corrected chi connectivity index (χ0v) is 18.4. The molecule has 2 heterocycles. The maximum atomic E-state index is 11.0. The smallest absolute Gasteiger partial charge is 0.328 e. The van der Waals surface area contributed by atoms with Gasteiger partial charge in [-0.05, 0) is 35.4 Å². The number of rotatable bonds is 6. The maximum absolute atomic E-state index is 11.0. The highest BCUT2D eigenvalue weighted by molar-refractivity contribution is 6.35. The van der Waals surface area contributed by atoms with Crippen LogP contribution in [0.4, 0.5) is 0 Å². The second-order valence-corrected chi connectivity index (χ2v) is 7.74. The number of pyridine rings is 1. The summed E-state index contributed by atoms with van der Waals surface area (Å²) in [6.45, 7) is 0. The number of fused-ring (bicyclic) bond motifs is 1. The number of halogens is 2. The van der Waals surface area contributed by atoms with Crippen LogP contribution in [0, 0.1) is 0 Å². The number of carboxylic acids is 1. The van der Waals surface area contributed by atoms with Gasteiger partial charge in [-0.25, -0.2) is 4.79 Å². The summed E-state index contributed by atoms with van der Waals surface area (Å²) in [5, 5.41) is 20.6. The molecule has 0 bridgehead atoms. The van der Waals surface area contributed by atoms with E-state index in [1.54, 1.807) is 19.5 Å². The lowest BCUT2D eigenvalue weighted by atomic mass is 9.97. The van der Waals surface area contributed by atoms with Gasteiger partial charge in [0, 0.05) is 41.2 Å². The van der Waals surface area contributed by atoms with Crippen molar-refractivity contribution in [1.29, 1.82) is 0 Å². The highest BCUT2D eigenvalue weighted by Gasteiger charge is 2.17. The Morgan fingerprint density at radius 1 is 1.06 bits per heavy atom. The van der Waals surface area contributed by atoms with E-state index in [2.05, 4.69) is 15.2 Å². The molecule has 4 rings (SSSR count). The van der Waals surface area contributed by atoms with E-state index in [4.69, 9.17) is 33.0 Å². The minimum absolute atomic E-state index is 0.372. The SMILES string of the molecule is COc1ccc2c(Cc3c(Cl)cncc3Cl)nnc(-c3ccccc3C=CC(=O)O)c2c1. The zero-order valence-electron chi connectivity index (χ0n) is 16.9. The number of ether oxygens (including phenoxy) is 1. The molecule has 0 unspecified atom stereocenters. The average molecular weight is 466 g/mol. The number of carbonyl (C=O) groups is 1. The second-order valence-electron chi connectivity index (χ2n) is 6.92. The molecule has 32 heavy (non-hydrogen) atoms. The van der Waals surface area contributed by atoms with Gasteiger partial charge < -0.3 is 9.84 Å². The summed E-state index contributed by atoms with van der Waals surface area (Å²) in [7, 11) is 1.59. The lowest BCUT2D eigenvalue weighted by Gasteiger charge is -2.13. The molecule has 0 spiro atoms. The molecule has 0 aliphatic carbocycles. The standard InChI is InChI=1S/C24H17Cl2N3O3/c1-32-15-7-8-17-18(10-15)24(16-5-3-2-4-14(16)6-9-23(30)31)29-28-22(17)11-19-20(25)12-27-13-21(19)26/h2-10,12-13H,11H2,1H3,(H,30,31). The molecular weight excluding hydrogens is 449 g/mol. The van der Waals surface area contributed by atoms with Gasteiger partial charge in [-0.2, -0.15) is 5.10 Å². The highest BCUT2D eigenvalue weighted by atomic mass is 35.5. The number of methoxy groups -OCH3 is 1. The highest BCUT2D eigenvalue weighted by Crippen LogP contribution is 2.34. The van der Waals surface area contributed by atoms with Crippen LogP contribution in [0.5, 0.6) is 5.75 Å². The van der Waals surface area contributed by atoms with E-state index >= 15 is 0 Å². The first-order valence-electron chi connectivity index (χ1n) is 9.59. The fourth-order valence-electron chi connectivity index (χ4n) is 3.44. The average Bonchev–Trinajstić information content (AvgIpc) is 2.80. The number of aromatic nitrogens is 3. The van der Waals surface area contributed by atoms with E-state index in [9.17, 15) is 4.79 Å². The zero-order chi connectivity index (χ0) is 22.7. The van der Waals surface area contributed by atoms with E-state index < -0.39 is 5.97 Å². The molecule has 0 amide bonds. The van der Waals surface area contributed by atoms with Crippen LogP contribution < -0.4 is 4.74 Å². The number of hydrogen-bond donors (Lipinski definition) is 1. The fraction of sp³-hybridized carbons (Fsp3) is 0.0833. The first-order valence-corrected chi connectivity index (χ1v) is 10.3. The summed E-state index contributed by atoms with van der Waals surface area (Å²) in [4.78, 5) is 15.0. The van der Waals surface area contributed by atoms with Gasteiger partial charge >= 0.3 is 5.97 Å². The number of aliphatic carboxylic acids is 1. The lowest BCUT2D eigenvalue weighted by Crippen LogP contribution is -2.02. The molecule has 0 saturated carbocycles. The topological polar surface area (TPSA) is 85.2 Å². The third-order valence-electron chi connectivity index (χ3n) is 4.98. The largest absolute Gasteiger partial charge is 0.497 e. The van der Waals surface area contributed by atoms with Crippen LogP contribution in [0.1, 0.15) is 16.8 Å². The molecule has 1 N–H and O–H groups in total.